The second-order valence-corrected chi connectivity index (χ2v) is 5.48. The van der Waals surface area contributed by atoms with E-state index >= 15 is 0 Å². The summed E-state index contributed by atoms with van der Waals surface area (Å²) >= 11 is 0. The Labute approximate surface area is 113 Å². The van der Waals surface area contributed by atoms with E-state index in [0.29, 0.717) is 6.54 Å². The molecule has 6 heteroatoms. The molecule has 19 heavy (non-hydrogen) atoms. The fourth-order valence-corrected chi connectivity index (χ4v) is 2.81. The standard InChI is InChI=1S/C13H22N4O2/c1-9(2)17-12(15-8-16-17)7-14-6-10-4-3-5-11(10)13(18)19/h8-11,14H,3-7H2,1-2H3,(H,18,19). The molecule has 2 rings (SSSR count). The zero-order valence-electron chi connectivity index (χ0n) is 11.5. The Hall–Kier alpha value is -1.43. The smallest absolute Gasteiger partial charge is 0.306 e. The van der Waals surface area contributed by atoms with Crippen LogP contribution in [0.5, 0.6) is 0 Å². The number of hydrogen-bond acceptors (Lipinski definition) is 4. The molecular weight excluding hydrogens is 244 g/mol. The highest BCUT2D eigenvalue weighted by Gasteiger charge is 2.32. The number of hydrogen-bond donors (Lipinski definition) is 2. The number of nitrogens with zero attached hydrogens (tertiary/aromatic N) is 3. The molecule has 1 aliphatic rings. The van der Waals surface area contributed by atoms with Gasteiger partial charge in [-0.15, -0.1) is 0 Å². The number of nitrogens with one attached hydrogen (secondary N) is 1. The molecule has 0 aromatic carbocycles. The van der Waals surface area contributed by atoms with Crippen molar-refractivity contribution in [3.05, 3.63) is 12.2 Å². The summed E-state index contributed by atoms with van der Waals surface area (Å²) in [5.41, 5.74) is 0. The van der Waals surface area contributed by atoms with Crippen molar-refractivity contribution < 1.29 is 9.90 Å². The van der Waals surface area contributed by atoms with Gasteiger partial charge in [0.2, 0.25) is 0 Å². The molecule has 1 saturated carbocycles. The Balaban J connectivity index is 1.83. The van der Waals surface area contributed by atoms with Crippen LogP contribution < -0.4 is 5.32 Å². The molecule has 2 unspecified atom stereocenters. The summed E-state index contributed by atoms with van der Waals surface area (Å²) in [6.45, 7) is 5.51. The van der Waals surface area contributed by atoms with Gasteiger partial charge in [0.15, 0.2) is 0 Å². The summed E-state index contributed by atoms with van der Waals surface area (Å²) in [4.78, 5) is 15.3. The monoisotopic (exact) mass is 266 g/mol. The topological polar surface area (TPSA) is 80.0 Å². The molecule has 0 bridgehead atoms. The molecule has 0 aliphatic heterocycles. The number of carboxylic acid groups (broad SMARTS) is 1. The molecule has 1 aromatic rings. The van der Waals surface area contributed by atoms with E-state index in [2.05, 4.69) is 29.2 Å². The highest BCUT2D eigenvalue weighted by atomic mass is 16.4. The average molecular weight is 266 g/mol. The highest BCUT2D eigenvalue weighted by molar-refractivity contribution is 5.70. The summed E-state index contributed by atoms with van der Waals surface area (Å²) in [7, 11) is 0. The number of carboxylic acids is 1. The summed E-state index contributed by atoms with van der Waals surface area (Å²) in [6, 6.07) is 0.289. The van der Waals surface area contributed by atoms with Gasteiger partial charge in [0.1, 0.15) is 12.2 Å². The van der Waals surface area contributed by atoms with Crippen LogP contribution in [-0.4, -0.2) is 32.4 Å². The number of rotatable bonds is 6. The predicted molar refractivity (Wildman–Crippen MR) is 70.6 cm³/mol. The Bertz CT molecular complexity index is 430. The van der Waals surface area contributed by atoms with Gasteiger partial charge in [0.05, 0.1) is 12.5 Å². The first-order chi connectivity index (χ1) is 9.09. The largest absolute Gasteiger partial charge is 0.481 e. The Morgan fingerprint density at radius 2 is 2.37 bits per heavy atom. The van der Waals surface area contributed by atoms with E-state index < -0.39 is 5.97 Å². The molecule has 1 fully saturated rings. The van der Waals surface area contributed by atoms with Crippen LogP contribution in [0.3, 0.4) is 0 Å². The maximum atomic E-state index is 11.1. The quantitative estimate of drug-likeness (QED) is 0.814. The Morgan fingerprint density at radius 3 is 3.05 bits per heavy atom. The summed E-state index contributed by atoms with van der Waals surface area (Å²) in [5, 5.41) is 16.6. The molecule has 0 amide bonds. The van der Waals surface area contributed by atoms with Crippen LogP contribution in [0.4, 0.5) is 0 Å². The van der Waals surface area contributed by atoms with Crippen LogP contribution >= 0.6 is 0 Å². The maximum Gasteiger partial charge on any atom is 0.306 e. The molecule has 1 aliphatic carbocycles. The molecule has 0 radical (unpaired) electrons. The van der Waals surface area contributed by atoms with Crippen LogP contribution in [0.15, 0.2) is 6.33 Å². The second kappa shape index (κ2) is 6.14. The van der Waals surface area contributed by atoms with Crippen molar-refractivity contribution in [1.29, 1.82) is 0 Å². The van der Waals surface area contributed by atoms with Gasteiger partial charge in [-0.1, -0.05) is 6.42 Å². The summed E-state index contributed by atoms with van der Waals surface area (Å²) in [5.74, 6) is 0.304. The van der Waals surface area contributed by atoms with Gasteiger partial charge in [0.25, 0.3) is 0 Å². The van der Waals surface area contributed by atoms with Crippen molar-refractivity contribution in [3.8, 4) is 0 Å². The number of aromatic nitrogens is 3. The fraction of sp³-hybridized carbons (Fsp3) is 0.769. The lowest BCUT2D eigenvalue weighted by molar-refractivity contribution is -0.142. The minimum atomic E-state index is -0.658. The minimum absolute atomic E-state index is 0.185. The van der Waals surface area contributed by atoms with E-state index in [1.54, 1.807) is 6.33 Å². The zero-order chi connectivity index (χ0) is 13.8. The zero-order valence-corrected chi connectivity index (χ0v) is 11.5. The third kappa shape index (κ3) is 3.32. The number of aliphatic carboxylic acids is 1. The summed E-state index contributed by atoms with van der Waals surface area (Å²) < 4.78 is 1.89. The van der Waals surface area contributed by atoms with Gasteiger partial charge in [0, 0.05) is 6.04 Å². The van der Waals surface area contributed by atoms with Crippen molar-refractivity contribution in [2.45, 2.75) is 45.7 Å². The molecule has 1 aromatic heterocycles. The lowest BCUT2D eigenvalue weighted by atomic mass is 9.96. The minimum Gasteiger partial charge on any atom is -0.481 e. The lowest BCUT2D eigenvalue weighted by Crippen LogP contribution is -2.29. The third-order valence-electron chi connectivity index (χ3n) is 3.80. The highest BCUT2D eigenvalue weighted by Crippen LogP contribution is 2.31. The van der Waals surface area contributed by atoms with Gasteiger partial charge < -0.3 is 10.4 Å². The van der Waals surface area contributed by atoms with E-state index in [1.165, 1.54) is 0 Å². The van der Waals surface area contributed by atoms with Gasteiger partial charge in [-0.2, -0.15) is 5.10 Å². The molecule has 0 saturated heterocycles. The predicted octanol–water partition coefficient (Wildman–Crippen LogP) is 1.45. The van der Waals surface area contributed by atoms with E-state index in [0.717, 1.165) is 31.6 Å². The summed E-state index contributed by atoms with van der Waals surface area (Å²) in [6.07, 6.45) is 4.39. The maximum absolute atomic E-state index is 11.1. The molecule has 2 N–H and O–H groups in total. The fourth-order valence-electron chi connectivity index (χ4n) is 2.81. The van der Waals surface area contributed by atoms with E-state index in [-0.39, 0.29) is 17.9 Å². The van der Waals surface area contributed by atoms with E-state index in [4.69, 9.17) is 5.11 Å². The van der Waals surface area contributed by atoms with Crippen LogP contribution in [0.1, 0.15) is 45.0 Å². The molecule has 1 heterocycles. The SMILES string of the molecule is CC(C)n1ncnc1CNCC1CCCC1C(=O)O. The van der Waals surface area contributed by atoms with Gasteiger partial charge >= 0.3 is 5.97 Å². The van der Waals surface area contributed by atoms with Gasteiger partial charge in [-0.25, -0.2) is 9.67 Å². The van der Waals surface area contributed by atoms with E-state index in [9.17, 15) is 4.79 Å². The van der Waals surface area contributed by atoms with Crippen LogP contribution in [0.2, 0.25) is 0 Å². The molecular formula is C13H22N4O2. The molecule has 106 valence electrons. The first-order valence-electron chi connectivity index (χ1n) is 6.91. The number of carbonyl (C=O) groups is 1. The van der Waals surface area contributed by atoms with Crippen molar-refractivity contribution >= 4 is 5.97 Å². The van der Waals surface area contributed by atoms with Crippen LogP contribution in [0.25, 0.3) is 0 Å². The molecule has 2 atom stereocenters. The lowest BCUT2D eigenvalue weighted by Gasteiger charge is -2.16. The molecule has 6 nitrogen and oxygen atoms in total. The van der Waals surface area contributed by atoms with Crippen molar-refractivity contribution in [2.24, 2.45) is 11.8 Å². The Morgan fingerprint density at radius 1 is 1.58 bits per heavy atom. The average Bonchev–Trinajstić information content (AvgIpc) is 2.96. The van der Waals surface area contributed by atoms with Gasteiger partial charge in [-0.05, 0) is 39.2 Å². The van der Waals surface area contributed by atoms with Crippen molar-refractivity contribution in [2.75, 3.05) is 6.54 Å². The molecule has 0 spiro atoms. The Kier molecular flexibility index (Phi) is 4.52. The van der Waals surface area contributed by atoms with E-state index in [1.807, 2.05) is 4.68 Å². The van der Waals surface area contributed by atoms with Crippen molar-refractivity contribution in [1.82, 2.24) is 20.1 Å². The first kappa shape index (κ1) is 14.0. The first-order valence-corrected chi connectivity index (χ1v) is 6.91. The van der Waals surface area contributed by atoms with Crippen LogP contribution in [-0.2, 0) is 11.3 Å². The van der Waals surface area contributed by atoms with Crippen LogP contribution in [0, 0.1) is 11.8 Å². The van der Waals surface area contributed by atoms with Gasteiger partial charge in [-0.3, -0.25) is 4.79 Å². The second-order valence-electron chi connectivity index (χ2n) is 5.48. The third-order valence-corrected chi connectivity index (χ3v) is 3.80. The van der Waals surface area contributed by atoms with Crippen molar-refractivity contribution in [3.63, 3.8) is 0 Å². The normalized spacial score (nSPS) is 23.1.